The second kappa shape index (κ2) is 4.59. The van der Waals surface area contributed by atoms with Gasteiger partial charge in [-0.05, 0) is 0 Å². The Morgan fingerprint density at radius 1 is 1.11 bits per heavy atom. The lowest BCUT2D eigenvalue weighted by Gasteiger charge is -1.89. The van der Waals surface area contributed by atoms with Crippen LogP contribution in [0.3, 0.4) is 0 Å². The second-order valence-corrected chi connectivity index (χ2v) is 3.36. The van der Waals surface area contributed by atoms with Crippen LogP contribution in [-0.4, -0.2) is 9.52 Å². The Kier molecular flexibility index (Phi) is 4.45. The lowest BCUT2D eigenvalue weighted by molar-refractivity contribution is 1.77. The van der Waals surface area contributed by atoms with Gasteiger partial charge in [0.25, 0.3) is 0 Å². The second-order valence-electron chi connectivity index (χ2n) is 1.84. The molecule has 0 saturated carbocycles. The molecule has 2 heteroatoms. The standard InChI is InChI=1S/C7H10Si.ClH/c1-8-7-5-3-2-4-6-7;/h2-6H,8H2,1H3;1H. The average Bonchev–Trinajstić information content (AvgIpc) is 1.90. The Bertz CT molecular complexity index is 150. The largest absolute Gasteiger partial charge is 0.147 e. The maximum absolute atomic E-state index is 2.30. The van der Waals surface area contributed by atoms with Crippen molar-refractivity contribution in [2.45, 2.75) is 6.55 Å². The molecule has 1 aromatic rings. The zero-order chi connectivity index (χ0) is 5.82. The van der Waals surface area contributed by atoms with E-state index >= 15 is 0 Å². The zero-order valence-corrected chi connectivity index (χ0v) is 7.73. The summed E-state index contributed by atoms with van der Waals surface area (Å²) < 4.78 is 0. The number of benzene rings is 1. The van der Waals surface area contributed by atoms with Gasteiger partial charge in [0.2, 0.25) is 0 Å². The molecular formula is C7H11ClSi. The molecule has 0 fully saturated rings. The van der Waals surface area contributed by atoms with Crippen LogP contribution in [0.4, 0.5) is 0 Å². The van der Waals surface area contributed by atoms with E-state index in [1.54, 1.807) is 5.19 Å². The fourth-order valence-electron chi connectivity index (χ4n) is 0.714. The summed E-state index contributed by atoms with van der Waals surface area (Å²) in [6.45, 7) is 2.30. The molecule has 0 heterocycles. The minimum absolute atomic E-state index is 0. The highest BCUT2D eigenvalue weighted by Crippen LogP contribution is 1.79. The smallest absolute Gasteiger partial charge is 0.0516 e. The summed E-state index contributed by atoms with van der Waals surface area (Å²) in [7, 11) is 0.0913. The first-order valence-electron chi connectivity index (χ1n) is 2.97. The molecule has 0 aromatic heterocycles. The van der Waals surface area contributed by atoms with Crippen LogP contribution in [0.2, 0.25) is 6.55 Å². The Hall–Kier alpha value is -0.273. The van der Waals surface area contributed by atoms with E-state index in [4.69, 9.17) is 0 Å². The topological polar surface area (TPSA) is 0 Å². The van der Waals surface area contributed by atoms with Crippen molar-refractivity contribution < 1.29 is 0 Å². The van der Waals surface area contributed by atoms with Gasteiger partial charge in [0, 0.05) is 0 Å². The van der Waals surface area contributed by atoms with Gasteiger partial charge in [-0.2, -0.15) is 0 Å². The molecule has 0 atom stereocenters. The average molecular weight is 159 g/mol. The van der Waals surface area contributed by atoms with E-state index in [1.807, 2.05) is 0 Å². The molecule has 0 saturated heterocycles. The highest BCUT2D eigenvalue weighted by atomic mass is 35.5. The maximum atomic E-state index is 2.30. The molecule has 0 spiro atoms. The number of halogens is 1. The predicted molar refractivity (Wildman–Crippen MR) is 47.7 cm³/mol. The molecule has 9 heavy (non-hydrogen) atoms. The molecule has 50 valence electrons. The minimum atomic E-state index is 0. The molecule has 0 unspecified atom stereocenters. The van der Waals surface area contributed by atoms with Gasteiger partial charge in [-0.25, -0.2) is 0 Å². The third-order valence-corrected chi connectivity index (χ3v) is 2.54. The third kappa shape index (κ3) is 2.68. The SMILES string of the molecule is C[SiH2]c1ccccc1.Cl. The molecule has 0 N–H and O–H groups in total. The molecule has 0 bridgehead atoms. The third-order valence-electron chi connectivity index (χ3n) is 1.25. The van der Waals surface area contributed by atoms with Gasteiger partial charge < -0.3 is 0 Å². The van der Waals surface area contributed by atoms with Crippen LogP contribution in [0.1, 0.15) is 0 Å². The molecule has 1 aromatic carbocycles. The van der Waals surface area contributed by atoms with Gasteiger partial charge in [-0.1, -0.05) is 42.1 Å². The summed E-state index contributed by atoms with van der Waals surface area (Å²) in [5.41, 5.74) is 0. The lowest BCUT2D eigenvalue weighted by atomic mass is 10.4. The van der Waals surface area contributed by atoms with Crippen molar-refractivity contribution in [2.75, 3.05) is 0 Å². The highest BCUT2D eigenvalue weighted by Gasteiger charge is 1.80. The quantitative estimate of drug-likeness (QED) is 0.534. The van der Waals surface area contributed by atoms with Crippen LogP contribution in [-0.2, 0) is 0 Å². The van der Waals surface area contributed by atoms with E-state index in [9.17, 15) is 0 Å². The molecule has 0 nitrogen and oxygen atoms in total. The summed E-state index contributed by atoms with van der Waals surface area (Å²) in [6.07, 6.45) is 0. The van der Waals surface area contributed by atoms with Gasteiger partial charge >= 0.3 is 0 Å². The highest BCUT2D eigenvalue weighted by molar-refractivity contribution is 6.51. The van der Waals surface area contributed by atoms with E-state index in [1.165, 1.54) is 0 Å². The van der Waals surface area contributed by atoms with E-state index in [2.05, 4.69) is 36.9 Å². The zero-order valence-electron chi connectivity index (χ0n) is 5.50. The van der Waals surface area contributed by atoms with Crippen molar-refractivity contribution in [3.63, 3.8) is 0 Å². The van der Waals surface area contributed by atoms with Crippen LogP contribution in [0.5, 0.6) is 0 Å². The fraction of sp³-hybridized carbons (Fsp3) is 0.143. The Labute approximate surface area is 64.5 Å². The number of hydrogen-bond donors (Lipinski definition) is 0. The Balaban J connectivity index is 0.000000640. The Morgan fingerprint density at radius 3 is 2.00 bits per heavy atom. The van der Waals surface area contributed by atoms with Gasteiger partial charge in [-0.3, -0.25) is 0 Å². The first-order valence-corrected chi connectivity index (χ1v) is 5.09. The van der Waals surface area contributed by atoms with Gasteiger partial charge in [0.05, 0.1) is 9.52 Å². The van der Waals surface area contributed by atoms with Crippen molar-refractivity contribution in [1.82, 2.24) is 0 Å². The predicted octanol–water partition coefficient (Wildman–Crippen LogP) is 0.951. The van der Waals surface area contributed by atoms with E-state index in [-0.39, 0.29) is 21.9 Å². The molecule has 0 radical (unpaired) electrons. The first kappa shape index (κ1) is 8.73. The fourth-order valence-corrected chi connectivity index (χ4v) is 1.46. The van der Waals surface area contributed by atoms with Crippen molar-refractivity contribution in [2.24, 2.45) is 0 Å². The summed E-state index contributed by atoms with van der Waals surface area (Å²) in [5.74, 6) is 0. The van der Waals surface area contributed by atoms with Crippen LogP contribution in [0, 0.1) is 0 Å². The maximum Gasteiger partial charge on any atom is 0.0516 e. The van der Waals surface area contributed by atoms with E-state index in [0.29, 0.717) is 0 Å². The molecule has 0 amide bonds. The van der Waals surface area contributed by atoms with E-state index in [0.717, 1.165) is 0 Å². The summed E-state index contributed by atoms with van der Waals surface area (Å²) in [6, 6.07) is 10.7. The lowest BCUT2D eigenvalue weighted by Crippen LogP contribution is -2.07. The van der Waals surface area contributed by atoms with Crippen molar-refractivity contribution in [1.29, 1.82) is 0 Å². The molecule has 0 aliphatic carbocycles. The molecule has 1 rings (SSSR count). The monoisotopic (exact) mass is 158 g/mol. The van der Waals surface area contributed by atoms with Gasteiger partial charge in [0.1, 0.15) is 0 Å². The van der Waals surface area contributed by atoms with Crippen LogP contribution >= 0.6 is 12.4 Å². The van der Waals surface area contributed by atoms with Crippen molar-refractivity contribution in [3.05, 3.63) is 30.3 Å². The summed E-state index contributed by atoms with van der Waals surface area (Å²) >= 11 is 0. The molecule has 0 aliphatic rings. The summed E-state index contributed by atoms with van der Waals surface area (Å²) in [4.78, 5) is 0. The van der Waals surface area contributed by atoms with Crippen molar-refractivity contribution >= 4 is 27.1 Å². The normalized spacial score (nSPS) is 9.44. The molecule has 0 aliphatic heterocycles. The summed E-state index contributed by atoms with van der Waals surface area (Å²) in [5, 5.41) is 1.55. The first-order chi connectivity index (χ1) is 3.93. The van der Waals surface area contributed by atoms with Crippen LogP contribution in [0.25, 0.3) is 0 Å². The minimum Gasteiger partial charge on any atom is -0.147 e. The van der Waals surface area contributed by atoms with Gasteiger partial charge in [0.15, 0.2) is 0 Å². The van der Waals surface area contributed by atoms with Crippen LogP contribution < -0.4 is 5.19 Å². The van der Waals surface area contributed by atoms with Crippen molar-refractivity contribution in [3.8, 4) is 0 Å². The molecular weight excluding hydrogens is 148 g/mol. The van der Waals surface area contributed by atoms with Crippen LogP contribution in [0.15, 0.2) is 30.3 Å². The number of hydrogen-bond acceptors (Lipinski definition) is 0. The number of rotatable bonds is 1. The van der Waals surface area contributed by atoms with E-state index < -0.39 is 0 Å². The van der Waals surface area contributed by atoms with Gasteiger partial charge in [-0.15, -0.1) is 12.4 Å². The Morgan fingerprint density at radius 2 is 1.67 bits per heavy atom.